The third kappa shape index (κ3) is 5.57. The summed E-state index contributed by atoms with van der Waals surface area (Å²) >= 11 is 0. The van der Waals surface area contributed by atoms with E-state index in [1.165, 1.54) is 34.6 Å². The molecule has 0 fully saturated rings. The van der Waals surface area contributed by atoms with E-state index in [-0.39, 0.29) is 11.4 Å². The minimum Gasteiger partial charge on any atom is -0.493 e. The molecule has 0 aromatic heterocycles. The fourth-order valence-corrected chi connectivity index (χ4v) is 4.94. The van der Waals surface area contributed by atoms with Crippen molar-refractivity contribution in [2.24, 2.45) is 5.10 Å². The summed E-state index contributed by atoms with van der Waals surface area (Å²) in [4.78, 5) is 12.5. The predicted molar refractivity (Wildman–Crippen MR) is 122 cm³/mol. The average Bonchev–Trinajstić information content (AvgIpc) is 2.71. The van der Waals surface area contributed by atoms with Crippen molar-refractivity contribution in [3.8, 4) is 17.2 Å². The molecule has 0 aliphatic rings. The van der Waals surface area contributed by atoms with Gasteiger partial charge in [0.2, 0.25) is 15.8 Å². The molecule has 0 spiro atoms. The van der Waals surface area contributed by atoms with Gasteiger partial charge in [0.15, 0.2) is 11.5 Å². The van der Waals surface area contributed by atoms with E-state index in [1.807, 2.05) is 6.92 Å². The molecule has 0 heterocycles. The van der Waals surface area contributed by atoms with Crippen LogP contribution in [-0.4, -0.2) is 59.8 Å². The average molecular weight is 464 g/mol. The van der Waals surface area contributed by atoms with Gasteiger partial charge in [0.05, 0.1) is 39.0 Å². The molecule has 174 valence electrons. The third-order valence-corrected chi connectivity index (χ3v) is 6.84. The molecule has 2 aromatic carbocycles. The molecule has 0 aliphatic heterocycles. The quantitative estimate of drug-likeness (QED) is 0.452. The Morgan fingerprint density at radius 1 is 1.00 bits per heavy atom. The molecular formula is C22H29N3O6S. The van der Waals surface area contributed by atoms with Crippen LogP contribution in [0.4, 0.5) is 0 Å². The largest absolute Gasteiger partial charge is 0.493 e. The molecule has 0 unspecified atom stereocenters. The number of benzene rings is 2. The minimum atomic E-state index is -3.84. The van der Waals surface area contributed by atoms with E-state index < -0.39 is 15.9 Å². The molecule has 2 aromatic rings. The first-order valence-corrected chi connectivity index (χ1v) is 11.1. The second kappa shape index (κ2) is 10.5. The van der Waals surface area contributed by atoms with Crippen molar-refractivity contribution in [3.05, 3.63) is 46.5 Å². The predicted octanol–water partition coefficient (Wildman–Crippen LogP) is 2.41. The van der Waals surface area contributed by atoms with Crippen LogP contribution in [0, 0.1) is 20.8 Å². The zero-order valence-electron chi connectivity index (χ0n) is 19.3. The van der Waals surface area contributed by atoms with E-state index in [4.69, 9.17) is 14.2 Å². The first-order chi connectivity index (χ1) is 15.0. The first-order valence-electron chi connectivity index (χ1n) is 9.71. The molecule has 2 rings (SSSR count). The number of carbonyl (C=O) groups excluding carboxylic acids is 1. The van der Waals surface area contributed by atoms with Crippen LogP contribution >= 0.6 is 0 Å². The second-order valence-corrected chi connectivity index (χ2v) is 9.22. The summed E-state index contributed by atoms with van der Waals surface area (Å²) in [5.74, 6) is 0.732. The van der Waals surface area contributed by atoms with Gasteiger partial charge >= 0.3 is 0 Å². The van der Waals surface area contributed by atoms with Gasteiger partial charge in [0.1, 0.15) is 0 Å². The summed E-state index contributed by atoms with van der Waals surface area (Å²) in [6, 6.07) is 6.93. The summed E-state index contributed by atoms with van der Waals surface area (Å²) in [5, 5.41) is 3.90. The number of carbonyl (C=O) groups is 1. The van der Waals surface area contributed by atoms with Gasteiger partial charge in [-0.3, -0.25) is 4.79 Å². The van der Waals surface area contributed by atoms with Crippen LogP contribution in [0.1, 0.15) is 22.3 Å². The second-order valence-electron chi connectivity index (χ2n) is 7.24. The number of rotatable bonds is 9. The van der Waals surface area contributed by atoms with Crippen molar-refractivity contribution >= 4 is 22.1 Å². The normalized spacial score (nSPS) is 11.6. The summed E-state index contributed by atoms with van der Waals surface area (Å²) in [6.45, 7) is 4.99. The van der Waals surface area contributed by atoms with E-state index in [1.54, 1.807) is 38.1 Å². The van der Waals surface area contributed by atoms with Crippen LogP contribution in [-0.2, 0) is 14.8 Å². The van der Waals surface area contributed by atoms with Crippen LogP contribution in [0.5, 0.6) is 17.2 Å². The van der Waals surface area contributed by atoms with Gasteiger partial charge in [0.25, 0.3) is 5.91 Å². The molecule has 9 nitrogen and oxygen atoms in total. The number of nitrogens with one attached hydrogen (secondary N) is 1. The highest BCUT2D eigenvalue weighted by Crippen LogP contribution is 2.37. The smallest absolute Gasteiger partial charge is 0.255 e. The Hall–Kier alpha value is -3.11. The van der Waals surface area contributed by atoms with Gasteiger partial charge in [-0.15, -0.1) is 0 Å². The van der Waals surface area contributed by atoms with Crippen LogP contribution < -0.4 is 19.6 Å². The lowest BCUT2D eigenvalue weighted by molar-refractivity contribution is -0.121. The standard InChI is InChI=1S/C22H29N3O6S/c1-14-8-15(2)22(16(3)9-14)32(27,28)25(4)13-20(26)24-23-12-17-10-18(29-5)21(31-7)19(11-17)30-6/h8-12H,13H2,1-7H3,(H,24,26)/b23-12-. The number of aryl methyl sites for hydroxylation is 3. The highest BCUT2D eigenvalue weighted by molar-refractivity contribution is 7.89. The van der Waals surface area contributed by atoms with Crippen molar-refractivity contribution in [1.82, 2.24) is 9.73 Å². The molecule has 1 amide bonds. The summed E-state index contributed by atoms with van der Waals surface area (Å²) in [7, 11) is 2.00. The van der Waals surface area contributed by atoms with E-state index in [2.05, 4.69) is 10.5 Å². The van der Waals surface area contributed by atoms with Crippen molar-refractivity contribution in [2.75, 3.05) is 34.9 Å². The molecule has 10 heteroatoms. The molecule has 0 aliphatic carbocycles. The number of sulfonamides is 1. The number of hydrazone groups is 1. The number of hydrogen-bond acceptors (Lipinski definition) is 7. The zero-order valence-corrected chi connectivity index (χ0v) is 20.2. The van der Waals surface area contributed by atoms with Gasteiger partial charge in [-0.25, -0.2) is 13.8 Å². The molecule has 0 saturated carbocycles. The van der Waals surface area contributed by atoms with Crippen molar-refractivity contribution in [2.45, 2.75) is 25.7 Å². The maximum Gasteiger partial charge on any atom is 0.255 e. The van der Waals surface area contributed by atoms with Gasteiger partial charge in [-0.1, -0.05) is 17.7 Å². The fraction of sp³-hybridized carbons (Fsp3) is 0.364. The van der Waals surface area contributed by atoms with Gasteiger partial charge < -0.3 is 14.2 Å². The Bertz CT molecular complexity index is 1080. The van der Waals surface area contributed by atoms with Crippen molar-refractivity contribution in [1.29, 1.82) is 0 Å². The van der Waals surface area contributed by atoms with Gasteiger partial charge in [-0.05, 0) is 44.0 Å². The minimum absolute atomic E-state index is 0.208. The molecule has 0 bridgehead atoms. The van der Waals surface area contributed by atoms with E-state index >= 15 is 0 Å². The lowest BCUT2D eigenvalue weighted by Gasteiger charge is -2.19. The number of ether oxygens (including phenoxy) is 3. The number of hydrogen-bond donors (Lipinski definition) is 1. The highest BCUT2D eigenvalue weighted by Gasteiger charge is 2.26. The Kier molecular flexibility index (Phi) is 8.23. The van der Waals surface area contributed by atoms with Crippen LogP contribution in [0.25, 0.3) is 0 Å². The summed E-state index contributed by atoms with van der Waals surface area (Å²) < 4.78 is 42.8. The van der Waals surface area contributed by atoms with E-state index in [0.717, 1.165) is 9.87 Å². The highest BCUT2D eigenvalue weighted by atomic mass is 32.2. The van der Waals surface area contributed by atoms with Gasteiger partial charge in [0, 0.05) is 12.6 Å². The fourth-order valence-electron chi connectivity index (χ4n) is 3.41. The lowest BCUT2D eigenvalue weighted by Crippen LogP contribution is -2.37. The zero-order chi connectivity index (χ0) is 24.1. The Labute approximate surface area is 189 Å². The number of amides is 1. The Morgan fingerprint density at radius 2 is 1.53 bits per heavy atom. The maximum absolute atomic E-state index is 13.0. The monoisotopic (exact) mass is 463 g/mol. The lowest BCUT2D eigenvalue weighted by atomic mass is 10.1. The van der Waals surface area contributed by atoms with Crippen LogP contribution in [0.3, 0.4) is 0 Å². The number of methoxy groups -OCH3 is 3. The van der Waals surface area contributed by atoms with E-state index in [9.17, 15) is 13.2 Å². The molecule has 32 heavy (non-hydrogen) atoms. The molecule has 0 radical (unpaired) electrons. The first kappa shape index (κ1) is 25.2. The van der Waals surface area contributed by atoms with Crippen molar-refractivity contribution in [3.63, 3.8) is 0 Å². The maximum atomic E-state index is 13.0. The number of likely N-dealkylation sites (N-methyl/N-ethyl adjacent to an activating group) is 1. The topological polar surface area (TPSA) is 107 Å². The van der Waals surface area contributed by atoms with Crippen LogP contribution in [0.2, 0.25) is 0 Å². The number of nitrogens with zero attached hydrogens (tertiary/aromatic N) is 2. The third-order valence-electron chi connectivity index (χ3n) is 4.73. The Morgan fingerprint density at radius 3 is 2.00 bits per heavy atom. The van der Waals surface area contributed by atoms with E-state index in [0.29, 0.717) is 33.9 Å². The molecule has 1 N–H and O–H groups in total. The molecule has 0 saturated heterocycles. The van der Waals surface area contributed by atoms with Crippen LogP contribution in [0.15, 0.2) is 34.3 Å². The molecule has 0 atom stereocenters. The SMILES string of the molecule is COc1cc(/C=N\NC(=O)CN(C)S(=O)(=O)c2c(C)cc(C)cc2C)cc(OC)c1OC. The van der Waals surface area contributed by atoms with Gasteiger partial charge in [-0.2, -0.15) is 9.41 Å². The molecular weight excluding hydrogens is 434 g/mol. The summed E-state index contributed by atoms with van der Waals surface area (Å²) in [5.41, 5.74) is 5.17. The Balaban J connectivity index is 2.12. The summed E-state index contributed by atoms with van der Waals surface area (Å²) in [6.07, 6.45) is 1.39. The van der Waals surface area contributed by atoms with Crippen molar-refractivity contribution < 1.29 is 27.4 Å².